The number of hydrogen-bond donors (Lipinski definition) is 1. The van der Waals surface area contributed by atoms with Crippen molar-refractivity contribution in [3.05, 3.63) is 28.8 Å². The van der Waals surface area contributed by atoms with Crippen LogP contribution in [0.1, 0.15) is 34.4 Å². The fraction of sp³-hybridized carbons (Fsp3) is 0.500. The number of carboxylic acid groups (broad SMARTS) is 1. The first-order chi connectivity index (χ1) is 10.5. The van der Waals surface area contributed by atoms with Gasteiger partial charge in [0.05, 0.1) is 25.5 Å². The summed E-state index contributed by atoms with van der Waals surface area (Å²) >= 11 is 0. The number of carboxylic acids is 1. The van der Waals surface area contributed by atoms with Crippen LogP contribution in [-0.2, 0) is 24.1 Å². The molecule has 6 heteroatoms. The SMILES string of the molecule is Cc1c(C(=O)O)oc2c1-c1nn(CC3(C)COC3)cc1CC2. The van der Waals surface area contributed by atoms with Crippen LogP contribution in [0.3, 0.4) is 0 Å². The summed E-state index contributed by atoms with van der Waals surface area (Å²) in [6.45, 7) is 6.32. The summed E-state index contributed by atoms with van der Waals surface area (Å²) in [4.78, 5) is 11.3. The fourth-order valence-electron chi connectivity index (χ4n) is 3.38. The van der Waals surface area contributed by atoms with Crippen LogP contribution < -0.4 is 0 Å². The average molecular weight is 302 g/mol. The Hall–Kier alpha value is -2.08. The zero-order chi connectivity index (χ0) is 15.5. The van der Waals surface area contributed by atoms with Crippen molar-refractivity contribution in [1.82, 2.24) is 9.78 Å². The highest BCUT2D eigenvalue weighted by Crippen LogP contribution is 2.39. The van der Waals surface area contributed by atoms with Crippen molar-refractivity contribution < 1.29 is 19.1 Å². The Kier molecular flexibility index (Phi) is 2.75. The molecular formula is C16H18N2O4. The molecule has 4 rings (SSSR count). The molecule has 0 unspecified atom stereocenters. The van der Waals surface area contributed by atoms with E-state index >= 15 is 0 Å². The Morgan fingerprint density at radius 1 is 1.45 bits per heavy atom. The highest BCUT2D eigenvalue weighted by molar-refractivity contribution is 5.90. The van der Waals surface area contributed by atoms with Gasteiger partial charge < -0.3 is 14.3 Å². The van der Waals surface area contributed by atoms with Gasteiger partial charge in [-0.05, 0) is 18.9 Å². The summed E-state index contributed by atoms with van der Waals surface area (Å²) in [5.74, 6) is -0.246. The molecule has 1 aliphatic carbocycles. The maximum Gasteiger partial charge on any atom is 0.372 e. The van der Waals surface area contributed by atoms with Crippen LogP contribution in [0.2, 0.25) is 0 Å². The predicted octanol–water partition coefficient (Wildman–Crippen LogP) is 2.28. The molecule has 0 atom stereocenters. The molecule has 0 radical (unpaired) electrons. The second kappa shape index (κ2) is 4.46. The van der Waals surface area contributed by atoms with Gasteiger partial charge in [-0.2, -0.15) is 5.10 Å². The van der Waals surface area contributed by atoms with Crippen LogP contribution in [0.15, 0.2) is 10.6 Å². The maximum absolute atomic E-state index is 11.3. The molecule has 0 spiro atoms. The van der Waals surface area contributed by atoms with Gasteiger partial charge in [-0.3, -0.25) is 4.68 Å². The first kappa shape index (κ1) is 13.6. The molecule has 0 amide bonds. The fourth-order valence-corrected chi connectivity index (χ4v) is 3.38. The van der Waals surface area contributed by atoms with Crippen molar-refractivity contribution >= 4 is 5.97 Å². The van der Waals surface area contributed by atoms with Gasteiger partial charge in [0, 0.05) is 29.2 Å². The molecular weight excluding hydrogens is 284 g/mol. The van der Waals surface area contributed by atoms with E-state index in [-0.39, 0.29) is 11.2 Å². The molecule has 2 aliphatic rings. The second-order valence-electron chi connectivity index (χ2n) is 6.66. The van der Waals surface area contributed by atoms with Gasteiger partial charge in [0.1, 0.15) is 5.76 Å². The molecule has 0 aromatic carbocycles. The number of nitrogens with zero attached hydrogens (tertiary/aromatic N) is 2. The lowest BCUT2D eigenvalue weighted by Gasteiger charge is -2.37. The smallest absolute Gasteiger partial charge is 0.372 e. The highest BCUT2D eigenvalue weighted by Gasteiger charge is 2.35. The topological polar surface area (TPSA) is 77.5 Å². The van der Waals surface area contributed by atoms with Crippen molar-refractivity contribution in [2.45, 2.75) is 33.2 Å². The Labute approximate surface area is 127 Å². The van der Waals surface area contributed by atoms with E-state index < -0.39 is 5.97 Å². The van der Waals surface area contributed by atoms with Crippen molar-refractivity contribution in [1.29, 1.82) is 0 Å². The van der Waals surface area contributed by atoms with E-state index in [9.17, 15) is 9.90 Å². The monoisotopic (exact) mass is 302 g/mol. The molecule has 0 saturated carbocycles. The van der Waals surface area contributed by atoms with E-state index in [4.69, 9.17) is 14.3 Å². The number of aromatic carboxylic acids is 1. The van der Waals surface area contributed by atoms with E-state index in [0.29, 0.717) is 5.56 Å². The zero-order valence-corrected chi connectivity index (χ0v) is 12.7. The van der Waals surface area contributed by atoms with Gasteiger partial charge in [-0.15, -0.1) is 0 Å². The van der Waals surface area contributed by atoms with Crippen LogP contribution in [-0.4, -0.2) is 34.1 Å². The quantitative estimate of drug-likeness (QED) is 0.941. The summed E-state index contributed by atoms with van der Waals surface area (Å²) < 4.78 is 12.8. The van der Waals surface area contributed by atoms with Gasteiger partial charge in [0.25, 0.3) is 0 Å². The summed E-state index contributed by atoms with van der Waals surface area (Å²) in [5.41, 5.74) is 3.73. The molecule has 1 fully saturated rings. The number of rotatable bonds is 3. The van der Waals surface area contributed by atoms with Crippen LogP contribution >= 0.6 is 0 Å². The molecule has 1 aliphatic heterocycles. The normalized spacial score (nSPS) is 18.5. The van der Waals surface area contributed by atoms with Gasteiger partial charge in [-0.25, -0.2) is 4.79 Å². The van der Waals surface area contributed by atoms with E-state index in [2.05, 4.69) is 13.1 Å². The van der Waals surface area contributed by atoms with E-state index in [1.807, 2.05) is 4.68 Å². The van der Waals surface area contributed by atoms with Crippen LogP contribution in [0.25, 0.3) is 11.3 Å². The van der Waals surface area contributed by atoms with Gasteiger partial charge >= 0.3 is 5.97 Å². The second-order valence-corrected chi connectivity index (χ2v) is 6.66. The van der Waals surface area contributed by atoms with Crippen molar-refractivity contribution in [3.63, 3.8) is 0 Å². The predicted molar refractivity (Wildman–Crippen MR) is 78.0 cm³/mol. The van der Waals surface area contributed by atoms with E-state index in [1.54, 1.807) is 6.92 Å². The lowest BCUT2D eigenvalue weighted by atomic mass is 9.89. The minimum absolute atomic E-state index is 0.0340. The number of ether oxygens (including phenoxy) is 1. The third kappa shape index (κ3) is 1.90. The molecule has 2 aromatic rings. The standard InChI is InChI=1S/C16H18N2O4/c1-9-12-11(22-14(9)15(19)20)4-3-10-5-18(17-13(10)12)6-16(2)7-21-8-16/h5H,3-4,6-8H2,1-2H3,(H,19,20). The minimum Gasteiger partial charge on any atom is -0.475 e. The first-order valence-electron chi connectivity index (χ1n) is 7.47. The van der Waals surface area contributed by atoms with Crippen LogP contribution in [0.5, 0.6) is 0 Å². The molecule has 2 aromatic heterocycles. The summed E-state index contributed by atoms with van der Waals surface area (Å²) in [5, 5.41) is 13.9. The average Bonchev–Trinajstić information content (AvgIpc) is 2.97. The van der Waals surface area contributed by atoms with Gasteiger partial charge in [-0.1, -0.05) is 6.92 Å². The van der Waals surface area contributed by atoms with Crippen molar-refractivity contribution in [2.24, 2.45) is 5.41 Å². The summed E-state index contributed by atoms with van der Waals surface area (Å²) in [6.07, 6.45) is 3.64. The third-order valence-electron chi connectivity index (χ3n) is 4.55. The molecule has 3 heterocycles. The van der Waals surface area contributed by atoms with Gasteiger partial charge in [0.2, 0.25) is 5.76 Å². The first-order valence-corrected chi connectivity index (χ1v) is 7.47. The number of aromatic nitrogens is 2. The van der Waals surface area contributed by atoms with E-state index in [1.165, 1.54) is 0 Å². The number of carbonyl (C=O) groups is 1. The maximum atomic E-state index is 11.3. The highest BCUT2D eigenvalue weighted by atomic mass is 16.5. The van der Waals surface area contributed by atoms with Crippen LogP contribution in [0.4, 0.5) is 0 Å². The molecule has 1 N–H and O–H groups in total. The largest absolute Gasteiger partial charge is 0.475 e. The molecule has 0 bridgehead atoms. The Bertz CT molecular complexity index is 767. The van der Waals surface area contributed by atoms with E-state index in [0.717, 1.165) is 55.2 Å². The number of fused-ring (bicyclic) bond motifs is 3. The van der Waals surface area contributed by atoms with Crippen molar-refractivity contribution in [3.8, 4) is 11.3 Å². The van der Waals surface area contributed by atoms with Gasteiger partial charge in [0.15, 0.2) is 0 Å². The lowest BCUT2D eigenvalue weighted by Crippen LogP contribution is -2.43. The Balaban J connectivity index is 1.75. The number of furan rings is 1. The number of hydrogen-bond acceptors (Lipinski definition) is 4. The minimum atomic E-state index is -1.02. The molecule has 22 heavy (non-hydrogen) atoms. The molecule has 116 valence electrons. The summed E-state index contributed by atoms with van der Waals surface area (Å²) in [6, 6.07) is 0. The molecule has 1 saturated heterocycles. The Morgan fingerprint density at radius 2 is 2.23 bits per heavy atom. The molecule has 6 nitrogen and oxygen atoms in total. The lowest BCUT2D eigenvalue weighted by molar-refractivity contribution is -0.111. The Morgan fingerprint density at radius 3 is 2.86 bits per heavy atom. The number of aryl methyl sites for hydroxylation is 2. The third-order valence-corrected chi connectivity index (χ3v) is 4.55. The van der Waals surface area contributed by atoms with Crippen molar-refractivity contribution in [2.75, 3.05) is 13.2 Å². The summed E-state index contributed by atoms with van der Waals surface area (Å²) in [7, 11) is 0. The van der Waals surface area contributed by atoms with Crippen LogP contribution in [0, 0.1) is 12.3 Å². The zero-order valence-electron chi connectivity index (χ0n) is 12.7.